The van der Waals surface area contributed by atoms with Gasteiger partial charge in [-0.1, -0.05) is 18.2 Å². The van der Waals surface area contributed by atoms with Crippen molar-refractivity contribution in [1.29, 1.82) is 0 Å². The molecule has 1 fully saturated rings. The van der Waals surface area contributed by atoms with Gasteiger partial charge in [-0.2, -0.15) is 0 Å². The molecule has 0 unspecified atom stereocenters. The molecule has 0 bridgehead atoms. The van der Waals surface area contributed by atoms with E-state index in [0.717, 1.165) is 22.2 Å². The van der Waals surface area contributed by atoms with Crippen molar-refractivity contribution < 1.29 is 9.90 Å². The highest BCUT2D eigenvalue weighted by Gasteiger charge is 2.31. The number of nitrogens with zero attached hydrogens (tertiary/aromatic N) is 1. The zero-order valence-corrected chi connectivity index (χ0v) is 11.9. The second-order valence-electron chi connectivity index (χ2n) is 5.96. The normalized spacial score (nSPS) is 18.4. The highest BCUT2D eigenvalue weighted by Crippen LogP contribution is 2.27. The number of aryl methyl sites for hydroxylation is 1. The molecule has 3 rings (SSSR count). The molecule has 1 aromatic carbocycles. The molecule has 1 amide bonds. The highest BCUT2D eigenvalue weighted by atomic mass is 16.3. The molecule has 0 radical (unpaired) electrons. The van der Waals surface area contributed by atoms with Crippen molar-refractivity contribution in [3.8, 4) is 0 Å². The van der Waals surface area contributed by atoms with Crippen LogP contribution in [0, 0.1) is 6.92 Å². The average Bonchev–Trinajstić information content (AvgIpc) is 2.73. The van der Waals surface area contributed by atoms with Crippen molar-refractivity contribution in [3.63, 3.8) is 0 Å². The molecule has 1 saturated heterocycles. The van der Waals surface area contributed by atoms with Crippen LogP contribution in [0.3, 0.4) is 0 Å². The molecular weight excluding hydrogens is 252 g/mol. The van der Waals surface area contributed by atoms with Crippen LogP contribution in [0.2, 0.25) is 0 Å². The lowest BCUT2D eigenvalue weighted by Crippen LogP contribution is -2.45. The van der Waals surface area contributed by atoms with Gasteiger partial charge in [-0.3, -0.25) is 4.79 Å². The monoisotopic (exact) mass is 272 g/mol. The summed E-state index contributed by atoms with van der Waals surface area (Å²) in [4.78, 5) is 17.8. The predicted octanol–water partition coefficient (Wildman–Crippen LogP) is 2.46. The molecule has 1 aromatic heterocycles. The molecule has 1 aliphatic rings. The molecule has 4 nitrogen and oxygen atoms in total. The Balaban J connectivity index is 1.92. The quantitative estimate of drug-likeness (QED) is 0.838. The predicted molar refractivity (Wildman–Crippen MR) is 78.8 cm³/mol. The number of aromatic amines is 1. The smallest absolute Gasteiger partial charge is 0.256 e. The van der Waals surface area contributed by atoms with Crippen LogP contribution in [0.25, 0.3) is 10.9 Å². The summed E-state index contributed by atoms with van der Waals surface area (Å²) >= 11 is 0. The Morgan fingerprint density at radius 2 is 1.95 bits per heavy atom. The van der Waals surface area contributed by atoms with Crippen LogP contribution >= 0.6 is 0 Å². The van der Waals surface area contributed by atoms with Crippen molar-refractivity contribution in [3.05, 3.63) is 35.5 Å². The summed E-state index contributed by atoms with van der Waals surface area (Å²) in [7, 11) is 0. The summed E-state index contributed by atoms with van der Waals surface area (Å²) in [6.07, 6.45) is 1.28. The minimum Gasteiger partial charge on any atom is -0.390 e. The van der Waals surface area contributed by atoms with E-state index in [2.05, 4.69) is 4.98 Å². The first kappa shape index (κ1) is 13.2. The average molecular weight is 272 g/mol. The number of hydrogen-bond acceptors (Lipinski definition) is 2. The van der Waals surface area contributed by atoms with E-state index in [1.807, 2.05) is 43.0 Å². The Morgan fingerprint density at radius 1 is 1.30 bits per heavy atom. The van der Waals surface area contributed by atoms with Crippen molar-refractivity contribution in [1.82, 2.24) is 9.88 Å². The number of nitrogens with one attached hydrogen (secondary N) is 1. The second kappa shape index (κ2) is 4.63. The molecule has 2 N–H and O–H groups in total. The van der Waals surface area contributed by atoms with E-state index < -0.39 is 5.60 Å². The number of carbonyl (C=O) groups excluding carboxylic acids is 1. The van der Waals surface area contributed by atoms with Crippen LogP contribution in [-0.4, -0.2) is 39.6 Å². The fraction of sp³-hybridized carbons (Fsp3) is 0.438. The van der Waals surface area contributed by atoms with Gasteiger partial charge in [0.05, 0.1) is 11.2 Å². The van der Waals surface area contributed by atoms with Crippen molar-refractivity contribution in [2.45, 2.75) is 32.3 Å². The fourth-order valence-corrected chi connectivity index (χ4v) is 2.90. The number of aliphatic hydroxyl groups is 1. The second-order valence-corrected chi connectivity index (χ2v) is 5.96. The van der Waals surface area contributed by atoms with Gasteiger partial charge in [0.1, 0.15) is 0 Å². The third-order valence-corrected chi connectivity index (χ3v) is 4.24. The number of amides is 1. The molecular formula is C16H20N2O2. The van der Waals surface area contributed by atoms with E-state index in [9.17, 15) is 9.90 Å². The summed E-state index contributed by atoms with van der Waals surface area (Å²) in [5.74, 6) is 0.0652. The first-order chi connectivity index (χ1) is 9.48. The Hall–Kier alpha value is -1.81. The maximum absolute atomic E-state index is 12.7. The number of fused-ring (bicyclic) bond motifs is 1. The van der Waals surface area contributed by atoms with E-state index in [1.54, 1.807) is 0 Å². The largest absolute Gasteiger partial charge is 0.390 e. The minimum absolute atomic E-state index is 0.0652. The molecule has 2 aromatic rings. The van der Waals surface area contributed by atoms with Gasteiger partial charge < -0.3 is 15.0 Å². The lowest BCUT2D eigenvalue weighted by Gasteiger charge is -2.35. The lowest BCUT2D eigenvalue weighted by atomic mass is 9.93. The van der Waals surface area contributed by atoms with Crippen LogP contribution in [0.1, 0.15) is 35.8 Å². The number of carbonyl (C=O) groups is 1. The van der Waals surface area contributed by atoms with Gasteiger partial charge in [0.2, 0.25) is 0 Å². The first-order valence-electron chi connectivity index (χ1n) is 7.07. The molecule has 1 aliphatic heterocycles. The Bertz CT molecular complexity index is 648. The van der Waals surface area contributed by atoms with Gasteiger partial charge in [0.15, 0.2) is 0 Å². The molecule has 0 aliphatic carbocycles. The van der Waals surface area contributed by atoms with Gasteiger partial charge in [-0.05, 0) is 32.8 Å². The Morgan fingerprint density at radius 3 is 2.65 bits per heavy atom. The van der Waals surface area contributed by atoms with E-state index in [4.69, 9.17) is 0 Å². The standard InChI is InChI=1S/C16H20N2O2/c1-11-14(12-5-3-4-6-13(12)17-11)15(19)18-9-7-16(2,20)8-10-18/h3-6,17,20H,7-10H2,1-2H3. The zero-order chi connectivity index (χ0) is 14.3. The molecule has 4 heteroatoms. The van der Waals surface area contributed by atoms with E-state index >= 15 is 0 Å². The molecule has 0 spiro atoms. The maximum Gasteiger partial charge on any atom is 0.256 e. The number of hydrogen-bond donors (Lipinski definition) is 2. The van der Waals surface area contributed by atoms with Gasteiger partial charge in [0.25, 0.3) is 5.91 Å². The van der Waals surface area contributed by atoms with Crippen LogP contribution in [-0.2, 0) is 0 Å². The third kappa shape index (κ3) is 2.20. The van der Waals surface area contributed by atoms with Gasteiger partial charge in [-0.25, -0.2) is 0 Å². The minimum atomic E-state index is -0.633. The van der Waals surface area contributed by atoms with E-state index in [-0.39, 0.29) is 5.91 Å². The number of likely N-dealkylation sites (tertiary alicyclic amines) is 1. The number of para-hydroxylation sites is 1. The summed E-state index contributed by atoms with van der Waals surface area (Å²) in [5.41, 5.74) is 2.04. The van der Waals surface area contributed by atoms with Crippen molar-refractivity contribution >= 4 is 16.8 Å². The third-order valence-electron chi connectivity index (χ3n) is 4.24. The molecule has 2 heterocycles. The number of benzene rings is 1. The van der Waals surface area contributed by atoms with Crippen LogP contribution < -0.4 is 0 Å². The number of rotatable bonds is 1. The maximum atomic E-state index is 12.7. The van der Waals surface area contributed by atoms with E-state index in [0.29, 0.717) is 25.9 Å². The SMILES string of the molecule is Cc1[nH]c2ccccc2c1C(=O)N1CCC(C)(O)CC1. The molecule has 106 valence electrons. The summed E-state index contributed by atoms with van der Waals surface area (Å²) in [5, 5.41) is 11.0. The molecule has 0 atom stereocenters. The topological polar surface area (TPSA) is 56.3 Å². The first-order valence-corrected chi connectivity index (χ1v) is 7.07. The van der Waals surface area contributed by atoms with Crippen molar-refractivity contribution in [2.75, 3.05) is 13.1 Å². The summed E-state index contributed by atoms with van der Waals surface area (Å²) < 4.78 is 0. The van der Waals surface area contributed by atoms with Gasteiger partial charge >= 0.3 is 0 Å². The number of aromatic nitrogens is 1. The van der Waals surface area contributed by atoms with Crippen LogP contribution in [0.15, 0.2) is 24.3 Å². The highest BCUT2D eigenvalue weighted by molar-refractivity contribution is 6.08. The van der Waals surface area contributed by atoms with Gasteiger partial charge in [0, 0.05) is 29.7 Å². The summed E-state index contributed by atoms with van der Waals surface area (Å²) in [6, 6.07) is 7.88. The fourth-order valence-electron chi connectivity index (χ4n) is 2.90. The lowest BCUT2D eigenvalue weighted by molar-refractivity contribution is -0.00197. The van der Waals surface area contributed by atoms with Crippen LogP contribution in [0.4, 0.5) is 0 Å². The zero-order valence-electron chi connectivity index (χ0n) is 11.9. The number of piperidine rings is 1. The molecule has 20 heavy (non-hydrogen) atoms. The van der Waals surface area contributed by atoms with E-state index in [1.165, 1.54) is 0 Å². The molecule has 0 saturated carbocycles. The number of H-pyrrole nitrogens is 1. The summed E-state index contributed by atoms with van der Waals surface area (Å²) in [6.45, 7) is 5.01. The van der Waals surface area contributed by atoms with Crippen LogP contribution in [0.5, 0.6) is 0 Å². The Kier molecular flexibility index (Phi) is 3.05. The van der Waals surface area contributed by atoms with Gasteiger partial charge in [-0.15, -0.1) is 0 Å². The van der Waals surface area contributed by atoms with Crippen molar-refractivity contribution in [2.24, 2.45) is 0 Å². The Labute approximate surface area is 118 Å².